The van der Waals surface area contributed by atoms with Gasteiger partial charge in [-0.05, 0) is 12.5 Å². The number of aliphatic hydroxyl groups is 1. The van der Waals surface area contributed by atoms with Gasteiger partial charge >= 0.3 is 5.90 Å². The Morgan fingerprint density at radius 2 is 2.14 bits per heavy atom. The summed E-state index contributed by atoms with van der Waals surface area (Å²) in [5.74, 6) is 0.189. The molecule has 3 nitrogen and oxygen atoms in total. The van der Waals surface area contributed by atoms with Crippen LogP contribution in [0.3, 0.4) is 0 Å². The smallest absolute Gasteiger partial charge is 0.352 e. The molecule has 1 aromatic rings. The Morgan fingerprint density at radius 1 is 1.43 bits per heavy atom. The Bertz CT molecular complexity index is 410. The molecular weight excluding hydrogens is 176 g/mol. The minimum atomic E-state index is -0.0649. The van der Waals surface area contributed by atoms with Gasteiger partial charge in [-0.2, -0.15) is 4.99 Å². The van der Waals surface area contributed by atoms with Crippen molar-refractivity contribution >= 4 is 17.3 Å². The Balaban J connectivity index is 2.55. The zero-order chi connectivity index (χ0) is 10.1. The van der Waals surface area contributed by atoms with Crippen LogP contribution in [0.4, 0.5) is 5.69 Å². The van der Waals surface area contributed by atoms with E-state index in [0.717, 1.165) is 23.4 Å². The molecule has 2 rings (SSSR count). The largest absolute Gasteiger partial charge is 0.463 e. The van der Waals surface area contributed by atoms with E-state index in [9.17, 15) is 5.11 Å². The Hall–Kier alpha value is -1.64. The third kappa shape index (κ3) is 1.21. The molecule has 14 heavy (non-hydrogen) atoms. The summed E-state index contributed by atoms with van der Waals surface area (Å²) >= 11 is 0. The number of rotatable bonds is 1. The summed E-state index contributed by atoms with van der Waals surface area (Å²) in [5, 5.41) is 15.7. The van der Waals surface area contributed by atoms with Crippen LogP contribution in [0.2, 0.25) is 0 Å². The Kier molecular flexibility index (Phi) is 2.08. The number of para-hydroxylation sites is 1. The first-order valence-corrected chi connectivity index (χ1v) is 4.78. The molecule has 0 saturated heterocycles. The molecule has 1 heterocycles. The molecule has 0 amide bonds. The van der Waals surface area contributed by atoms with Gasteiger partial charge in [-0.15, -0.1) is 0 Å². The highest BCUT2D eigenvalue weighted by atomic mass is 16.3. The first-order chi connectivity index (χ1) is 6.74. The maximum absolute atomic E-state index is 9.69. The molecule has 0 bridgehead atoms. The maximum atomic E-state index is 9.69. The highest BCUT2D eigenvalue weighted by molar-refractivity contribution is 6.12. The van der Waals surface area contributed by atoms with Gasteiger partial charge < -0.3 is 5.11 Å². The first kappa shape index (κ1) is 8.94. The van der Waals surface area contributed by atoms with Gasteiger partial charge in [-0.3, -0.25) is 5.41 Å². The fourth-order valence-corrected chi connectivity index (χ4v) is 1.82. The molecule has 1 aromatic carbocycles. The Morgan fingerprint density at radius 3 is 2.86 bits per heavy atom. The quantitative estimate of drug-likeness (QED) is 0.519. The average molecular weight is 190 g/mol. The standard InChI is InChI=1S/C11H12N2O/c1-2-7-10(12)8-5-3-4-6-9(8)13-11(7)14/h3-7,12H,2H2,1H3,(H,13,14)/p+2/t7-/m0/s1. The molecule has 0 aliphatic carbocycles. The van der Waals surface area contributed by atoms with Crippen molar-refractivity contribution in [2.45, 2.75) is 13.3 Å². The third-order valence-electron chi connectivity index (χ3n) is 2.61. The molecule has 72 valence electrons. The lowest BCUT2D eigenvalue weighted by Gasteiger charge is -2.11. The van der Waals surface area contributed by atoms with E-state index in [1.54, 1.807) is 0 Å². The van der Waals surface area contributed by atoms with Gasteiger partial charge in [0.05, 0.1) is 0 Å². The molecule has 0 unspecified atom stereocenters. The second kappa shape index (κ2) is 3.25. The normalized spacial score (nSPS) is 20.2. The summed E-state index contributed by atoms with van der Waals surface area (Å²) < 4.78 is 0. The summed E-state index contributed by atoms with van der Waals surface area (Å²) in [6.45, 7) is 2.00. The summed E-state index contributed by atoms with van der Waals surface area (Å²) in [4.78, 5) is 2.96. The van der Waals surface area contributed by atoms with Gasteiger partial charge in [0.1, 0.15) is 5.56 Å². The van der Waals surface area contributed by atoms with E-state index in [0.29, 0.717) is 0 Å². The van der Waals surface area contributed by atoms with E-state index in [-0.39, 0.29) is 11.8 Å². The van der Waals surface area contributed by atoms with Gasteiger partial charge in [0.2, 0.25) is 11.4 Å². The lowest BCUT2D eigenvalue weighted by atomic mass is 9.91. The molecule has 3 heteroatoms. The van der Waals surface area contributed by atoms with Crippen LogP contribution in [0.1, 0.15) is 18.9 Å². The zero-order valence-corrected chi connectivity index (χ0v) is 8.12. The van der Waals surface area contributed by atoms with E-state index in [4.69, 9.17) is 5.41 Å². The van der Waals surface area contributed by atoms with Crippen molar-refractivity contribution in [2.24, 2.45) is 5.92 Å². The number of hydrogen-bond donors (Lipinski definition) is 3. The molecule has 0 aromatic heterocycles. The van der Waals surface area contributed by atoms with E-state index < -0.39 is 0 Å². The number of nitrogens with two attached hydrogens (primary N) is 1. The van der Waals surface area contributed by atoms with Gasteiger partial charge in [0, 0.05) is 6.07 Å². The van der Waals surface area contributed by atoms with Crippen LogP contribution in [0, 0.1) is 5.92 Å². The fraction of sp³-hybridized carbons (Fsp3) is 0.273. The summed E-state index contributed by atoms with van der Waals surface area (Å²) in [6.07, 6.45) is 0.805. The van der Waals surface area contributed by atoms with Crippen molar-refractivity contribution in [1.29, 1.82) is 0 Å². The van der Waals surface area contributed by atoms with Gasteiger partial charge in [0.15, 0.2) is 5.92 Å². The lowest BCUT2D eigenvalue weighted by molar-refractivity contribution is -0.371. The van der Waals surface area contributed by atoms with E-state index >= 15 is 0 Å². The number of benzene rings is 1. The van der Waals surface area contributed by atoms with Crippen LogP contribution in [-0.4, -0.2) is 16.7 Å². The molecule has 1 aliphatic rings. The fourth-order valence-electron chi connectivity index (χ4n) is 1.82. The molecule has 0 spiro atoms. The van der Waals surface area contributed by atoms with E-state index in [1.807, 2.05) is 31.2 Å². The van der Waals surface area contributed by atoms with Crippen LogP contribution >= 0.6 is 0 Å². The Labute approximate surface area is 82.6 Å². The lowest BCUT2D eigenvalue weighted by Crippen LogP contribution is -2.74. The second-order valence-corrected chi connectivity index (χ2v) is 3.47. The number of hydrogen-bond acceptors (Lipinski definition) is 0. The monoisotopic (exact) mass is 190 g/mol. The zero-order valence-electron chi connectivity index (χ0n) is 8.12. The minimum Gasteiger partial charge on any atom is -0.463 e. The van der Waals surface area contributed by atoms with Gasteiger partial charge in [0.25, 0.3) is 0 Å². The van der Waals surface area contributed by atoms with E-state index in [1.165, 1.54) is 0 Å². The van der Waals surface area contributed by atoms with Crippen molar-refractivity contribution in [3.63, 3.8) is 0 Å². The van der Waals surface area contributed by atoms with Crippen molar-refractivity contribution in [1.82, 2.24) is 0 Å². The average Bonchev–Trinajstić information content (AvgIpc) is 2.18. The molecule has 0 saturated carbocycles. The second-order valence-electron chi connectivity index (χ2n) is 3.47. The van der Waals surface area contributed by atoms with Crippen molar-refractivity contribution in [3.8, 4) is 0 Å². The van der Waals surface area contributed by atoms with Crippen LogP contribution < -0.4 is 10.4 Å². The molecule has 0 fully saturated rings. The predicted octanol–water partition coefficient (Wildman–Crippen LogP) is -1.06. The van der Waals surface area contributed by atoms with Crippen LogP contribution in [0.15, 0.2) is 24.3 Å². The van der Waals surface area contributed by atoms with Crippen molar-refractivity contribution in [3.05, 3.63) is 29.8 Å². The summed E-state index contributed by atoms with van der Waals surface area (Å²) in [6, 6.07) is 7.73. The minimum absolute atomic E-state index is 0.0649. The molecular formula is C11H14N2O+2. The topological polar surface area (TPSA) is 59.8 Å². The predicted molar refractivity (Wildman–Crippen MR) is 54.5 cm³/mol. The summed E-state index contributed by atoms with van der Waals surface area (Å²) in [7, 11) is 0. The SMILES string of the molecule is CC[C@H]1C(=[NH2+])c2ccccc2[NH+]=C1O. The highest BCUT2D eigenvalue weighted by Gasteiger charge is 2.36. The summed E-state index contributed by atoms with van der Waals surface area (Å²) in [5.41, 5.74) is 2.63. The molecule has 1 atom stereocenters. The number of aliphatic hydroxyl groups excluding tert-OH is 1. The van der Waals surface area contributed by atoms with Crippen LogP contribution in [0.25, 0.3) is 0 Å². The highest BCUT2D eigenvalue weighted by Crippen LogP contribution is 2.17. The van der Waals surface area contributed by atoms with Crippen molar-refractivity contribution in [2.75, 3.05) is 0 Å². The van der Waals surface area contributed by atoms with Crippen LogP contribution in [0.5, 0.6) is 0 Å². The van der Waals surface area contributed by atoms with Gasteiger partial charge in [-0.25, -0.2) is 0 Å². The number of fused-ring (bicyclic) bond motifs is 1. The van der Waals surface area contributed by atoms with Gasteiger partial charge in [-0.1, -0.05) is 19.1 Å². The van der Waals surface area contributed by atoms with E-state index in [2.05, 4.69) is 4.99 Å². The van der Waals surface area contributed by atoms with Crippen molar-refractivity contribution < 1.29 is 15.5 Å². The number of nitrogens with one attached hydrogen (secondary N) is 1. The van der Waals surface area contributed by atoms with Crippen LogP contribution in [-0.2, 0) is 0 Å². The maximum Gasteiger partial charge on any atom is 0.352 e. The molecule has 4 N–H and O–H groups in total. The molecule has 1 aliphatic heterocycles. The molecule has 0 radical (unpaired) electrons. The third-order valence-corrected chi connectivity index (χ3v) is 2.61. The first-order valence-electron chi connectivity index (χ1n) is 4.78.